The van der Waals surface area contributed by atoms with E-state index < -0.39 is 0 Å². The van der Waals surface area contributed by atoms with Crippen molar-refractivity contribution in [2.45, 2.75) is 32.2 Å². The number of hydrogen-bond donors (Lipinski definition) is 2. The molecule has 1 fully saturated rings. The molecule has 0 aliphatic carbocycles. The summed E-state index contributed by atoms with van der Waals surface area (Å²) in [6.45, 7) is 3.86. The molecule has 5 nitrogen and oxygen atoms in total. The number of para-hydroxylation sites is 1. The molecule has 0 aromatic heterocycles. The summed E-state index contributed by atoms with van der Waals surface area (Å²) in [6, 6.07) is 7.29. The molecule has 1 aromatic carbocycles. The monoisotopic (exact) mass is 382 g/mol. The molecule has 0 spiro atoms. The topological polar surface area (TPSA) is 53.9 Å². The molecule has 1 saturated heterocycles. The van der Waals surface area contributed by atoms with E-state index >= 15 is 0 Å². The third-order valence-corrected chi connectivity index (χ3v) is 5.06. The highest BCUT2D eigenvalue weighted by Gasteiger charge is 2.29. The van der Waals surface area contributed by atoms with E-state index in [0.29, 0.717) is 0 Å². The van der Waals surface area contributed by atoms with Crippen LogP contribution in [0.3, 0.4) is 0 Å². The Balaban J connectivity index is 1.87. The van der Waals surface area contributed by atoms with Crippen LogP contribution < -0.4 is 10.2 Å². The third-order valence-electron chi connectivity index (χ3n) is 4.36. The summed E-state index contributed by atoms with van der Waals surface area (Å²) in [6.07, 6.45) is 3.37. The van der Waals surface area contributed by atoms with Crippen molar-refractivity contribution in [3.8, 4) is 0 Å². The van der Waals surface area contributed by atoms with Crippen LogP contribution in [0.4, 0.5) is 5.69 Å². The molecular formula is C17H25BrN3O2+. The number of hydrogen-bond acceptors (Lipinski definition) is 2. The fourth-order valence-corrected chi connectivity index (χ4v) is 3.15. The van der Waals surface area contributed by atoms with Gasteiger partial charge in [-0.15, -0.1) is 0 Å². The molecule has 0 bridgehead atoms. The molecule has 0 radical (unpaired) electrons. The van der Waals surface area contributed by atoms with Crippen LogP contribution in [0.15, 0.2) is 28.7 Å². The summed E-state index contributed by atoms with van der Waals surface area (Å²) >= 11 is 3.41. The Morgan fingerprint density at radius 1 is 1.26 bits per heavy atom. The maximum absolute atomic E-state index is 12.5. The molecule has 2 amide bonds. The molecule has 2 atom stereocenters. The Hall–Kier alpha value is -1.40. The second kappa shape index (κ2) is 8.45. The van der Waals surface area contributed by atoms with E-state index in [1.54, 1.807) is 0 Å². The van der Waals surface area contributed by atoms with Crippen molar-refractivity contribution in [3.05, 3.63) is 28.7 Å². The van der Waals surface area contributed by atoms with E-state index in [1.165, 1.54) is 6.42 Å². The number of quaternary nitrogens is 1. The van der Waals surface area contributed by atoms with E-state index in [9.17, 15) is 9.59 Å². The number of amides is 2. The van der Waals surface area contributed by atoms with Crippen molar-refractivity contribution < 1.29 is 14.5 Å². The Morgan fingerprint density at radius 2 is 1.91 bits per heavy atom. The van der Waals surface area contributed by atoms with Gasteiger partial charge in [-0.2, -0.15) is 0 Å². The molecule has 6 heteroatoms. The highest BCUT2D eigenvalue weighted by molar-refractivity contribution is 9.10. The minimum absolute atomic E-state index is 0.0901. The molecule has 23 heavy (non-hydrogen) atoms. The maximum Gasteiger partial charge on any atom is 0.280 e. The van der Waals surface area contributed by atoms with Gasteiger partial charge in [0.2, 0.25) is 0 Å². The molecule has 2 rings (SSSR count). The Morgan fingerprint density at radius 3 is 2.57 bits per heavy atom. The molecule has 1 aliphatic heterocycles. The van der Waals surface area contributed by atoms with Gasteiger partial charge in [0.25, 0.3) is 11.8 Å². The molecular weight excluding hydrogens is 358 g/mol. The standard InChI is InChI=1S/C17H24BrN3O2/c1-13(17(23)21-10-6-3-7-11-21)20(2)12-16(22)19-15-9-5-4-8-14(15)18/h4-5,8-9,13H,3,6-7,10-12H2,1-2H3,(H,19,22)/p+1/t13-/m0/s1. The van der Waals surface area contributed by atoms with Crippen LogP contribution in [-0.2, 0) is 9.59 Å². The number of rotatable bonds is 5. The van der Waals surface area contributed by atoms with Crippen LogP contribution in [0.25, 0.3) is 0 Å². The maximum atomic E-state index is 12.5. The second-order valence-corrected chi connectivity index (χ2v) is 7.01. The number of nitrogens with one attached hydrogen (secondary N) is 2. The molecule has 1 heterocycles. The van der Waals surface area contributed by atoms with Crippen LogP contribution in [0.1, 0.15) is 26.2 Å². The number of carbonyl (C=O) groups excluding carboxylic acids is 2. The summed E-state index contributed by atoms with van der Waals surface area (Å²) in [4.78, 5) is 27.5. The first-order valence-corrected chi connectivity index (χ1v) is 8.94. The fraction of sp³-hybridized carbons (Fsp3) is 0.529. The number of piperidine rings is 1. The van der Waals surface area contributed by atoms with Crippen molar-refractivity contribution in [3.63, 3.8) is 0 Å². The Labute approximate surface area is 146 Å². The van der Waals surface area contributed by atoms with Gasteiger partial charge >= 0.3 is 0 Å². The zero-order valence-corrected chi connectivity index (χ0v) is 15.4. The lowest BCUT2D eigenvalue weighted by atomic mass is 10.1. The van der Waals surface area contributed by atoms with Gasteiger partial charge in [0.1, 0.15) is 0 Å². The second-order valence-electron chi connectivity index (χ2n) is 6.16. The lowest BCUT2D eigenvalue weighted by Gasteiger charge is -2.30. The number of likely N-dealkylation sites (N-methyl/N-ethyl adjacent to an activating group) is 1. The summed E-state index contributed by atoms with van der Waals surface area (Å²) < 4.78 is 0.850. The summed E-state index contributed by atoms with van der Waals surface area (Å²) in [5.41, 5.74) is 0.750. The highest BCUT2D eigenvalue weighted by Crippen LogP contribution is 2.20. The first kappa shape index (κ1) is 17.9. The van der Waals surface area contributed by atoms with Gasteiger partial charge in [0.15, 0.2) is 12.6 Å². The Bertz CT molecular complexity index is 559. The minimum atomic E-state index is -0.210. The lowest BCUT2D eigenvalue weighted by Crippen LogP contribution is -3.15. The average Bonchev–Trinajstić information content (AvgIpc) is 2.56. The van der Waals surface area contributed by atoms with E-state index in [2.05, 4.69) is 21.2 Å². The fourth-order valence-electron chi connectivity index (χ4n) is 2.76. The van der Waals surface area contributed by atoms with Crippen LogP contribution in [-0.4, -0.2) is 49.4 Å². The van der Waals surface area contributed by atoms with Crippen LogP contribution in [0.2, 0.25) is 0 Å². The first-order chi connectivity index (χ1) is 11.0. The summed E-state index contributed by atoms with van der Waals surface area (Å²) in [5, 5.41) is 2.88. The largest absolute Gasteiger partial charge is 0.338 e. The molecule has 2 N–H and O–H groups in total. The van der Waals surface area contributed by atoms with E-state index in [-0.39, 0.29) is 24.4 Å². The third kappa shape index (κ3) is 5.04. The molecule has 1 aliphatic rings. The van der Waals surface area contributed by atoms with E-state index in [4.69, 9.17) is 0 Å². The number of likely N-dealkylation sites (tertiary alicyclic amines) is 1. The smallest absolute Gasteiger partial charge is 0.280 e. The Kier molecular flexibility index (Phi) is 6.59. The van der Waals surface area contributed by atoms with Crippen molar-refractivity contribution in [2.24, 2.45) is 0 Å². The quantitative estimate of drug-likeness (QED) is 0.806. The molecule has 1 aromatic rings. The number of carbonyl (C=O) groups is 2. The van der Waals surface area contributed by atoms with Crippen molar-refractivity contribution in [1.82, 2.24) is 4.90 Å². The van der Waals surface area contributed by atoms with Crippen LogP contribution >= 0.6 is 15.9 Å². The first-order valence-electron chi connectivity index (χ1n) is 8.14. The van der Waals surface area contributed by atoms with Crippen LogP contribution in [0.5, 0.6) is 0 Å². The van der Waals surface area contributed by atoms with E-state index in [0.717, 1.165) is 41.0 Å². The number of anilines is 1. The molecule has 126 valence electrons. The number of nitrogens with zero attached hydrogens (tertiary/aromatic N) is 1. The molecule has 1 unspecified atom stereocenters. The summed E-state index contributed by atoms with van der Waals surface area (Å²) in [5.74, 6) is 0.0589. The van der Waals surface area contributed by atoms with Gasteiger partial charge in [-0.3, -0.25) is 9.59 Å². The average molecular weight is 383 g/mol. The van der Waals surface area contributed by atoms with Crippen molar-refractivity contribution in [2.75, 3.05) is 32.0 Å². The molecule has 0 saturated carbocycles. The van der Waals surface area contributed by atoms with Gasteiger partial charge < -0.3 is 15.1 Å². The zero-order chi connectivity index (χ0) is 16.8. The SMILES string of the molecule is C[C@@H](C(=O)N1CCCCC1)[NH+](C)CC(=O)Nc1ccccc1Br. The van der Waals surface area contributed by atoms with Gasteiger partial charge in [-0.25, -0.2) is 0 Å². The van der Waals surface area contributed by atoms with Gasteiger partial charge in [-0.1, -0.05) is 12.1 Å². The van der Waals surface area contributed by atoms with Gasteiger partial charge in [0, 0.05) is 17.6 Å². The predicted octanol–water partition coefficient (Wildman–Crippen LogP) is 1.30. The highest BCUT2D eigenvalue weighted by atomic mass is 79.9. The minimum Gasteiger partial charge on any atom is -0.338 e. The predicted molar refractivity (Wildman–Crippen MR) is 94.4 cm³/mol. The number of halogens is 1. The zero-order valence-electron chi connectivity index (χ0n) is 13.8. The summed E-state index contributed by atoms with van der Waals surface area (Å²) in [7, 11) is 1.89. The normalized spacial score (nSPS) is 17.4. The van der Waals surface area contributed by atoms with Crippen molar-refractivity contribution in [1.29, 1.82) is 0 Å². The van der Waals surface area contributed by atoms with Gasteiger partial charge in [-0.05, 0) is 54.2 Å². The van der Waals surface area contributed by atoms with Gasteiger partial charge in [0.05, 0.1) is 12.7 Å². The number of benzene rings is 1. The lowest BCUT2D eigenvalue weighted by molar-refractivity contribution is -0.886. The van der Waals surface area contributed by atoms with Crippen LogP contribution in [0, 0.1) is 0 Å². The van der Waals surface area contributed by atoms with Crippen molar-refractivity contribution >= 4 is 33.4 Å². The van der Waals surface area contributed by atoms with E-state index in [1.807, 2.05) is 43.1 Å².